The third kappa shape index (κ3) is 5.02. The van der Waals surface area contributed by atoms with Gasteiger partial charge in [-0.25, -0.2) is 4.98 Å². The highest BCUT2D eigenvalue weighted by molar-refractivity contribution is 6.16. The van der Waals surface area contributed by atoms with Crippen molar-refractivity contribution < 1.29 is 27.1 Å². The molecule has 4 aromatic rings. The largest absolute Gasteiger partial charge is 0.433 e. The Labute approximate surface area is 238 Å². The molecule has 1 N–H and O–H groups in total. The van der Waals surface area contributed by atoms with Crippen molar-refractivity contribution in [3.63, 3.8) is 0 Å². The van der Waals surface area contributed by atoms with Crippen LogP contribution in [0.3, 0.4) is 0 Å². The lowest BCUT2D eigenvalue weighted by molar-refractivity contribution is -0.141. The second-order valence-electron chi connectivity index (χ2n) is 10.5. The number of nitrogens with one attached hydrogen (secondary N) is 1. The lowest BCUT2D eigenvalue weighted by Gasteiger charge is -2.34. The summed E-state index contributed by atoms with van der Waals surface area (Å²) < 4.78 is 52.6. The SMILES string of the molecule is O=C1Cc2ccccc2C(c2ccccc2)=N[C@@H]1Nc1nnc(-c2ccc(C(F)(F)F)nc2N2CC3CCC(C2)O3)o1. The summed E-state index contributed by atoms with van der Waals surface area (Å²) in [6, 6.07) is 19.2. The lowest BCUT2D eigenvalue weighted by atomic mass is 9.96. The van der Waals surface area contributed by atoms with Crippen LogP contribution in [0.1, 0.15) is 35.2 Å². The second kappa shape index (κ2) is 10.4. The van der Waals surface area contributed by atoms with E-state index in [1.54, 1.807) is 4.90 Å². The van der Waals surface area contributed by atoms with E-state index in [0.29, 0.717) is 18.8 Å². The van der Waals surface area contributed by atoms with Crippen molar-refractivity contribution in [2.24, 2.45) is 4.99 Å². The molecule has 2 fully saturated rings. The summed E-state index contributed by atoms with van der Waals surface area (Å²) in [4.78, 5) is 23.8. The van der Waals surface area contributed by atoms with E-state index in [0.717, 1.165) is 35.6 Å². The van der Waals surface area contributed by atoms with Gasteiger partial charge < -0.3 is 19.4 Å². The van der Waals surface area contributed by atoms with E-state index in [1.165, 1.54) is 6.07 Å². The van der Waals surface area contributed by atoms with Gasteiger partial charge >= 0.3 is 12.2 Å². The standard InChI is InChI=1S/C30H25F3N6O3/c31-30(32,33)24-13-12-22(27(34-24)39-15-19-10-11-20(16-39)41-19)28-37-38-29(42-28)36-26-23(40)14-18-8-4-5-9-21(18)25(35-26)17-6-2-1-3-7-17/h1-9,12-13,19-20,26H,10-11,14-16H2,(H,36,38)/t19?,20?,26-/m1/s1. The number of carbonyl (C=O) groups is 1. The molecule has 2 aromatic carbocycles. The molecule has 2 bridgehead atoms. The molecule has 3 aliphatic rings. The molecule has 7 rings (SSSR count). The molecule has 5 heterocycles. The minimum Gasteiger partial charge on any atom is -0.403 e. The van der Waals surface area contributed by atoms with Gasteiger partial charge in [0.1, 0.15) is 11.5 Å². The maximum atomic E-state index is 13.6. The van der Waals surface area contributed by atoms with E-state index < -0.39 is 18.0 Å². The number of hydrogen-bond donors (Lipinski definition) is 1. The number of anilines is 2. The number of halogens is 3. The number of morpholine rings is 1. The maximum Gasteiger partial charge on any atom is 0.433 e. The van der Waals surface area contributed by atoms with Crippen LogP contribution in [0.5, 0.6) is 0 Å². The Bertz CT molecular complexity index is 1660. The van der Waals surface area contributed by atoms with Crippen molar-refractivity contribution >= 4 is 23.3 Å². The molecule has 0 amide bonds. The first-order valence-corrected chi connectivity index (χ1v) is 13.6. The Morgan fingerprint density at radius 1 is 0.881 bits per heavy atom. The zero-order valence-electron chi connectivity index (χ0n) is 22.2. The summed E-state index contributed by atoms with van der Waals surface area (Å²) in [6.07, 6.45) is -3.97. The zero-order valence-corrected chi connectivity index (χ0v) is 22.2. The molecule has 42 heavy (non-hydrogen) atoms. The smallest absolute Gasteiger partial charge is 0.403 e. The van der Waals surface area contributed by atoms with Crippen molar-refractivity contribution in [2.75, 3.05) is 23.3 Å². The zero-order chi connectivity index (χ0) is 28.8. The van der Waals surface area contributed by atoms with Crippen LogP contribution in [0, 0.1) is 0 Å². The number of ketones is 1. The van der Waals surface area contributed by atoms with Gasteiger partial charge in [-0.3, -0.25) is 9.79 Å². The maximum absolute atomic E-state index is 13.6. The quantitative estimate of drug-likeness (QED) is 0.358. The van der Waals surface area contributed by atoms with E-state index >= 15 is 0 Å². The Morgan fingerprint density at radius 3 is 2.38 bits per heavy atom. The van der Waals surface area contributed by atoms with Gasteiger partial charge in [0.25, 0.3) is 5.89 Å². The van der Waals surface area contributed by atoms with Gasteiger partial charge in [0.05, 0.1) is 23.5 Å². The molecule has 2 unspecified atom stereocenters. The molecular weight excluding hydrogens is 549 g/mol. The molecule has 3 aliphatic heterocycles. The first-order valence-electron chi connectivity index (χ1n) is 13.6. The summed E-state index contributed by atoms with van der Waals surface area (Å²) in [7, 11) is 0. The van der Waals surface area contributed by atoms with Crippen molar-refractivity contribution in [3.8, 4) is 11.5 Å². The van der Waals surface area contributed by atoms with Gasteiger partial charge in [-0.15, -0.1) is 5.10 Å². The Morgan fingerprint density at radius 2 is 1.62 bits per heavy atom. The fourth-order valence-electron chi connectivity index (χ4n) is 5.71. The molecule has 9 nitrogen and oxygen atoms in total. The topological polar surface area (TPSA) is 106 Å². The predicted octanol–water partition coefficient (Wildman–Crippen LogP) is 4.92. The number of rotatable bonds is 5. The number of benzene rings is 2. The number of alkyl halides is 3. The first-order chi connectivity index (χ1) is 20.3. The van der Waals surface area contributed by atoms with Crippen molar-refractivity contribution in [1.82, 2.24) is 15.2 Å². The van der Waals surface area contributed by atoms with Crippen LogP contribution in [0.25, 0.3) is 11.5 Å². The van der Waals surface area contributed by atoms with Gasteiger partial charge in [-0.2, -0.15) is 13.2 Å². The Balaban J connectivity index is 1.22. The highest BCUT2D eigenvalue weighted by Crippen LogP contribution is 2.38. The van der Waals surface area contributed by atoms with E-state index in [4.69, 9.17) is 14.1 Å². The number of pyridine rings is 1. The Hall–Kier alpha value is -4.58. The molecule has 12 heteroatoms. The van der Waals surface area contributed by atoms with Crippen LogP contribution in [-0.2, 0) is 22.1 Å². The van der Waals surface area contributed by atoms with Crippen LogP contribution in [-0.4, -0.2) is 58.1 Å². The fraction of sp³-hybridized carbons (Fsp3) is 0.300. The molecule has 2 saturated heterocycles. The van der Waals surface area contributed by atoms with Crippen LogP contribution >= 0.6 is 0 Å². The highest BCUT2D eigenvalue weighted by Gasteiger charge is 2.38. The van der Waals surface area contributed by atoms with Crippen molar-refractivity contribution in [3.05, 3.63) is 89.1 Å². The molecule has 0 aliphatic carbocycles. The average Bonchev–Trinajstić information content (AvgIpc) is 3.56. The lowest BCUT2D eigenvalue weighted by Crippen LogP contribution is -2.43. The van der Waals surface area contributed by atoms with E-state index in [2.05, 4.69) is 20.5 Å². The van der Waals surface area contributed by atoms with E-state index in [-0.39, 0.29) is 47.7 Å². The molecular formula is C30H25F3N6O3. The van der Waals surface area contributed by atoms with Gasteiger partial charge in [-0.05, 0) is 30.5 Å². The van der Waals surface area contributed by atoms with Gasteiger partial charge in [-0.1, -0.05) is 59.7 Å². The van der Waals surface area contributed by atoms with Crippen LogP contribution in [0.2, 0.25) is 0 Å². The predicted molar refractivity (Wildman–Crippen MR) is 147 cm³/mol. The van der Waals surface area contributed by atoms with E-state index in [1.807, 2.05) is 54.6 Å². The summed E-state index contributed by atoms with van der Waals surface area (Å²) in [5, 5.41) is 11.1. The molecule has 2 aromatic heterocycles. The number of fused-ring (bicyclic) bond motifs is 3. The summed E-state index contributed by atoms with van der Waals surface area (Å²) in [6.45, 7) is 0.816. The monoisotopic (exact) mass is 574 g/mol. The van der Waals surface area contributed by atoms with E-state index in [9.17, 15) is 18.0 Å². The number of hydrogen-bond acceptors (Lipinski definition) is 9. The highest BCUT2D eigenvalue weighted by atomic mass is 19.4. The minimum absolute atomic E-state index is 0.0239. The molecule has 0 saturated carbocycles. The Kier molecular flexibility index (Phi) is 6.49. The number of carbonyl (C=O) groups excluding carboxylic acids is 1. The number of ether oxygens (including phenoxy) is 1. The van der Waals surface area contributed by atoms with Crippen LogP contribution in [0.4, 0.5) is 25.0 Å². The number of aromatic nitrogens is 3. The first kappa shape index (κ1) is 26.3. The van der Waals surface area contributed by atoms with Crippen LogP contribution < -0.4 is 10.2 Å². The number of aliphatic imine (C=N–C) groups is 1. The fourth-order valence-corrected chi connectivity index (χ4v) is 5.71. The third-order valence-electron chi connectivity index (χ3n) is 7.67. The van der Waals surface area contributed by atoms with Gasteiger partial charge in [0, 0.05) is 30.6 Å². The van der Waals surface area contributed by atoms with Crippen molar-refractivity contribution in [2.45, 2.75) is 43.8 Å². The second-order valence-corrected chi connectivity index (χ2v) is 10.5. The molecule has 214 valence electrons. The summed E-state index contributed by atoms with van der Waals surface area (Å²) >= 11 is 0. The normalized spacial score (nSPS) is 22.0. The average molecular weight is 575 g/mol. The molecule has 3 atom stereocenters. The minimum atomic E-state index is -4.62. The number of nitrogens with zero attached hydrogens (tertiary/aromatic N) is 5. The summed E-state index contributed by atoms with van der Waals surface area (Å²) in [5.41, 5.74) is 2.44. The number of Topliss-reactive ketones (excluding diaryl/α,β-unsaturated/α-hetero) is 1. The summed E-state index contributed by atoms with van der Waals surface area (Å²) in [5.74, 6) is -0.122. The molecule has 0 radical (unpaired) electrons. The van der Waals surface area contributed by atoms with Crippen LogP contribution in [0.15, 0.2) is 76.1 Å². The van der Waals surface area contributed by atoms with Gasteiger partial charge in [0.2, 0.25) is 0 Å². The van der Waals surface area contributed by atoms with Crippen molar-refractivity contribution in [1.29, 1.82) is 0 Å². The van der Waals surface area contributed by atoms with Gasteiger partial charge in [0.15, 0.2) is 11.9 Å². The molecule has 0 spiro atoms. The third-order valence-corrected chi connectivity index (χ3v) is 7.67.